The van der Waals surface area contributed by atoms with E-state index in [2.05, 4.69) is 116 Å². The zero-order valence-electron chi connectivity index (χ0n) is 42.3. The van der Waals surface area contributed by atoms with Gasteiger partial charge < -0.3 is 15.5 Å². The van der Waals surface area contributed by atoms with Crippen molar-refractivity contribution in [2.45, 2.75) is 270 Å². The third-order valence-corrected chi connectivity index (χ3v) is 12.1. The van der Waals surface area contributed by atoms with Gasteiger partial charge in [0.2, 0.25) is 5.91 Å². The molecule has 0 aromatic carbocycles. The van der Waals surface area contributed by atoms with Crippen LogP contribution in [0, 0.1) is 0 Å². The van der Waals surface area contributed by atoms with Crippen LogP contribution in [0.1, 0.15) is 258 Å². The average molecular weight is 889 g/mol. The van der Waals surface area contributed by atoms with Gasteiger partial charge in [0, 0.05) is 6.42 Å². The summed E-state index contributed by atoms with van der Waals surface area (Å²) in [6.45, 7) is 4.25. The number of rotatable bonds is 49. The summed E-state index contributed by atoms with van der Waals surface area (Å²) in [6, 6.07) is -0.552. The van der Waals surface area contributed by atoms with Crippen LogP contribution in [0.3, 0.4) is 0 Å². The molecular formula is C60H105NO3. The van der Waals surface area contributed by atoms with E-state index in [1.807, 2.05) is 0 Å². The minimum Gasteiger partial charge on any atom is -0.394 e. The van der Waals surface area contributed by atoms with Crippen LogP contribution in [0.25, 0.3) is 0 Å². The number of allylic oxidation sites excluding steroid dienone is 16. The van der Waals surface area contributed by atoms with Crippen molar-refractivity contribution in [3.63, 3.8) is 0 Å². The Kier molecular flexibility index (Phi) is 52.3. The average Bonchev–Trinajstić information content (AvgIpc) is 3.30. The van der Waals surface area contributed by atoms with Crippen LogP contribution in [0.4, 0.5) is 0 Å². The molecule has 2 unspecified atom stereocenters. The van der Waals surface area contributed by atoms with E-state index in [9.17, 15) is 15.0 Å². The van der Waals surface area contributed by atoms with Gasteiger partial charge in [-0.3, -0.25) is 4.79 Å². The van der Waals surface area contributed by atoms with E-state index in [0.29, 0.717) is 12.8 Å². The molecular weight excluding hydrogens is 783 g/mol. The molecule has 3 N–H and O–H groups in total. The highest BCUT2D eigenvalue weighted by atomic mass is 16.3. The van der Waals surface area contributed by atoms with Crippen molar-refractivity contribution >= 4 is 5.91 Å². The summed E-state index contributed by atoms with van der Waals surface area (Å²) in [6.07, 6.45) is 80.9. The number of nitrogens with one attached hydrogen (secondary N) is 1. The summed E-state index contributed by atoms with van der Waals surface area (Å²) in [7, 11) is 0. The van der Waals surface area contributed by atoms with Crippen LogP contribution >= 0.6 is 0 Å². The first-order chi connectivity index (χ1) is 31.7. The molecule has 0 heterocycles. The van der Waals surface area contributed by atoms with E-state index in [-0.39, 0.29) is 12.5 Å². The minimum atomic E-state index is -0.673. The van der Waals surface area contributed by atoms with E-state index in [4.69, 9.17) is 0 Å². The monoisotopic (exact) mass is 888 g/mol. The molecule has 4 nitrogen and oxygen atoms in total. The Hall–Kier alpha value is -2.69. The van der Waals surface area contributed by atoms with Crippen molar-refractivity contribution in [1.82, 2.24) is 5.32 Å². The second-order valence-electron chi connectivity index (χ2n) is 18.3. The highest BCUT2D eigenvalue weighted by Crippen LogP contribution is 2.16. The summed E-state index contributed by atoms with van der Waals surface area (Å²) in [4.78, 5) is 12.5. The lowest BCUT2D eigenvalue weighted by Crippen LogP contribution is -2.45. The number of hydrogen-bond acceptors (Lipinski definition) is 3. The lowest BCUT2D eigenvalue weighted by Gasteiger charge is -2.22. The van der Waals surface area contributed by atoms with Crippen molar-refractivity contribution in [3.8, 4) is 0 Å². The van der Waals surface area contributed by atoms with Gasteiger partial charge in [-0.05, 0) is 77.0 Å². The molecule has 0 aliphatic carbocycles. The molecule has 2 atom stereocenters. The Labute approximate surface area is 398 Å². The molecule has 1 amide bonds. The first kappa shape index (κ1) is 61.3. The van der Waals surface area contributed by atoms with Crippen molar-refractivity contribution in [1.29, 1.82) is 0 Å². The Morgan fingerprint density at radius 1 is 0.391 bits per heavy atom. The quantitative estimate of drug-likeness (QED) is 0.0421. The maximum Gasteiger partial charge on any atom is 0.220 e. The zero-order chi connectivity index (χ0) is 46.3. The number of aliphatic hydroxyl groups excluding tert-OH is 2. The fraction of sp³-hybridized carbons (Fsp3) is 0.717. The third kappa shape index (κ3) is 50.3. The molecule has 0 rings (SSSR count). The first-order valence-corrected chi connectivity index (χ1v) is 27.4. The Morgan fingerprint density at radius 3 is 1.03 bits per heavy atom. The molecule has 0 spiro atoms. The van der Waals surface area contributed by atoms with Gasteiger partial charge in [0.15, 0.2) is 0 Å². The number of carbonyl (C=O) groups is 1. The molecule has 0 saturated heterocycles. The Bertz CT molecular complexity index is 1190. The van der Waals surface area contributed by atoms with Gasteiger partial charge in [-0.25, -0.2) is 0 Å². The van der Waals surface area contributed by atoms with Gasteiger partial charge in [0.25, 0.3) is 0 Å². The molecule has 0 radical (unpaired) electrons. The normalized spacial score (nSPS) is 13.6. The number of aliphatic hydroxyl groups is 2. The van der Waals surface area contributed by atoms with Gasteiger partial charge in [-0.15, -0.1) is 0 Å². The molecule has 0 aliphatic heterocycles. The Balaban J connectivity index is 3.59. The smallest absolute Gasteiger partial charge is 0.220 e. The van der Waals surface area contributed by atoms with E-state index < -0.39 is 12.1 Å². The van der Waals surface area contributed by atoms with Gasteiger partial charge in [0.1, 0.15) is 0 Å². The van der Waals surface area contributed by atoms with E-state index in [1.54, 1.807) is 0 Å². The van der Waals surface area contributed by atoms with Crippen molar-refractivity contribution in [2.75, 3.05) is 6.61 Å². The van der Waals surface area contributed by atoms with E-state index >= 15 is 0 Å². The maximum absolute atomic E-state index is 12.5. The summed E-state index contributed by atoms with van der Waals surface area (Å²) >= 11 is 0. The Morgan fingerprint density at radius 2 is 0.688 bits per heavy atom. The van der Waals surface area contributed by atoms with E-state index in [1.165, 1.54) is 141 Å². The summed E-state index contributed by atoms with van der Waals surface area (Å²) < 4.78 is 0. The first-order valence-electron chi connectivity index (χ1n) is 27.4. The molecule has 368 valence electrons. The zero-order valence-corrected chi connectivity index (χ0v) is 42.3. The van der Waals surface area contributed by atoms with Crippen LogP contribution < -0.4 is 5.32 Å². The highest BCUT2D eigenvalue weighted by molar-refractivity contribution is 5.76. The van der Waals surface area contributed by atoms with Gasteiger partial charge >= 0.3 is 0 Å². The van der Waals surface area contributed by atoms with Crippen LogP contribution in [-0.2, 0) is 4.79 Å². The van der Waals surface area contributed by atoms with E-state index in [0.717, 1.165) is 89.9 Å². The predicted octanol–water partition coefficient (Wildman–Crippen LogP) is 18.1. The summed E-state index contributed by atoms with van der Waals surface area (Å²) in [5, 5.41) is 23.3. The molecule has 0 fully saturated rings. The van der Waals surface area contributed by atoms with Crippen LogP contribution in [0.5, 0.6) is 0 Å². The van der Waals surface area contributed by atoms with Gasteiger partial charge in [-0.2, -0.15) is 0 Å². The summed E-state index contributed by atoms with van der Waals surface area (Å²) in [5.74, 6) is -0.0477. The fourth-order valence-electron chi connectivity index (χ4n) is 7.97. The lowest BCUT2D eigenvalue weighted by atomic mass is 10.0. The fourth-order valence-corrected chi connectivity index (χ4v) is 7.97. The van der Waals surface area contributed by atoms with Crippen LogP contribution in [0.2, 0.25) is 0 Å². The van der Waals surface area contributed by atoms with Crippen molar-refractivity contribution in [3.05, 3.63) is 97.2 Å². The second-order valence-corrected chi connectivity index (χ2v) is 18.3. The largest absolute Gasteiger partial charge is 0.394 e. The number of amides is 1. The third-order valence-electron chi connectivity index (χ3n) is 12.1. The molecule has 0 bridgehead atoms. The predicted molar refractivity (Wildman–Crippen MR) is 285 cm³/mol. The second kappa shape index (κ2) is 54.6. The standard InChI is InChI=1S/C60H105NO3/c1-3-5-7-9-11-13-15-17-19-21-23-25-26-27-28-29-30-31-32-33-34-36-38-40-42-44-46-48-50-52-54-56-60(64)61-58(57-62)59(63)55-53-51-49-47-45-43-41-39-37-35-24-22-20-18-16-14-12-10-8-6-4-2/h5,7,11,13,17,19,23,25,27-28,30-31,33-34,38,40,58-59,62-63H,3-4,6,8-10,12,14-16,18,20-22,24,26,29,32,35-37,39,41-57H2,1-2H3,(H,61,64)/b7-5-,13-11-,19-17-,25-23-,28-27-,31-30-,34-33-,40-38-. The lowest BCUT2D eigenvalue weighted by molar-refractivity contribution is -0.123. The van der Waals surface area contributed by atoms with Crippen LogP contribution in [-0.4, -0.2) is 34.9 Å². The topological polar surface area (TPSA) is 69.6 Å². The number of carbonyl (C=O) groups excluding carboxylic acids is 1. The summed E-state index contributed by atoms with van der Waals surface area (Å²) in [5.41, 5.74) is 0. The van der Waals surface area contributed by atoms with Gasteiger partial charge in [0.05, 0.1) is 18.8 Å². The molecule has 0 aromatic heterocycles. The SMILES string of the molecule is CC/C=C\C/C=C\C/C=C\C/C=C\C/C=C\C/C=C\C/C=C\C/C=C\CCCCCCCCC(=O)NC(CO)C(O)CCCCCCCCCCCCCCCCCCCCCCC. The van der Waals surface area contributed by atoms with Crippen molar-refractivity contribution in [2.24, 2.45) is 0 Å². The molecule has 0 aliphatic rings. The highest BCUT2D eigenvalue weighted by Gasteiger charge is 2.20. The maximum atomic E-state index is 12.5. The molecule has 4 heteroatoms. The van der Waals surface area contributed by atoms with Crippen LogP contribution in [0.15, 0.2) is 97.2 Å². The molecule has 64 heavy (non-hydrogen) atoms. The minimum absolute atomic E-state index is 0.0477. The van der Waals surface area contributed by atoms with Gasteiger partial charge in [-0.1, -0.05) is 272 Å². The molecule has 0 aromatic rings. The number of unbranched alkanes of at least 4 members (excludes halogenated alkanes) is 26. The molecule has 0 saturated carbocycles. The van der Waals surface area contributed by atoms with Crippen molar-refractivity contribution < 1.29 is 15.0 Å². The number of hydrogen-bond donors (Lipinski definition) is 3.